The molecule has 6 heteroatoms. The maximum Gasteiger partial charge on any atom is 0.350 e. The molecule has 0 spiro atoms. The maximum atomic E-state index is 11.2. The molecule has 0 saturated carbocycles. The molecule has 0 aliphatic rings. The quantitative estimate of drug-likeness (QED) is 0.577. The van der Waals surface area contributed by atoms with E-state index in [4.69, 9.17) is 5.73 Å². The Labute approximate surface area is 73.6 Å². The van der Waals surface area contributed by atoms with Gasteiger partial charge in [0.1, 0.15) is 5.82 Å². The molecule has 68 valence electrons. The van der Waals surface area contributed by atoms with Crippen LogP contribution in [0.15, 0.2) is 11.0 Å². The van der Waals surface area contributed by atoms with Crippen molar-refractivity contribution < 1.29 is 0 Å². The Bertz CT molecular complexity index is 523. The van der Waals surface area contributed by atoms with Gasteiger partial charge in [-0.15, -0.1) is 0 Å². The number of nitrogens with two attached hydrogens (primary N) is 1. The highest BCUT2D eigenvalue weighted by atomic mass is 16.1. The minimum Gasteiger partial charge on any atom is -0.384 e. The van der Waals surface area contributed by atoms with Crippen molar-refractivity contribution in [2.24, 2.45) is 14.1 Å². The Hall–Kier alpha value is -1.85. The minimum atomic E-state index is -0.367. The van der Waals surface area contributed by atoms with E-state index in [1.54, 1.807) is 20.3 Å². The number of hydrogen-bond donors (Lipinski definition) is 1. The van der Waals surface area contributed by atoms with Crippen molar-refractivity contribution in [2.75, 3.05) is 5.73 Å². The van der Waals surface area contributed by atoms with Gasteiger partial charge in [0.15, 0.2) is 5.65 Å². The topological polar surface area (TPSA) is 78.7 Å². The Morgan fingerprint density at radius 3 is 2.85 bits per heavy atom. The van der Waals surface area contributed by atoms with Gasteiger partial charge in [-0.1, -0.05) is 0 Å². The number of rotatable bonds is 0. The highest BCUT2D eigenvalue weighted by Gasteiger charge is 2.08. The van der Waals surface area contributed by atoms with Crippen molar-refractivity contribution in [1.82, 2.24) is 19.3 Å². The van der Waals surface area contributed by atoms with Crippen LogP contribution < -0.4 is 11.4 Å². The van der Waals surface area contributed by atoms with E-state index >= 15 is 0 Å². The Morgan fingerprint density at radius 2 is 2.15 bits per heavy atom. The molecule has 2 aromatic heterocycles. The monoisotopic (exact) mass is 179 g/mol. The Morgan fingerprint density at radius 1 is 1.46 bits per heavy atom. The van der Waals surface area contributed by atoms with Crippen LogP contribution >= 0.6 is 0 Å². The molecular weight excluding hydrogens is 170 g/mol. The molecular formula is C7H9N5O. The van der Waals surface area contributed by atoms with E-state index < -0.39 is 0 Å². The predicted molar refractivity (Wildman–Crippen MR) is 48.2 cm³/mol. The fraction of sp³-hybridized carbons (Fsp3) is 0.286. The summed E-state index contributed by atoms with van der Waals surface area (Å²) in [5, 5.41) is 4.66. The second-order valence-corrected chi connectivity index (χ2v) is 2.84. The molecule has 0 unspecified atom stereocenters. The molecule has 0 fully saturated rings. The molecule has 0 saturated heterocycles. The smallest absolute Gasteiger partial charge is 0.350 e. The maximum absolute atomic E-state index is 11.2. The second kappa shape index (κ2) is 2.32. The van der Waals surface area contributed by atoms with Crippen molar-refractivity contribution in [3.05, 3.63) is 16.7 Å². The number of nitrogens with zero attached hydrogens (tertiary/aromatic N) is 4. The van der Waals surface area contributed by atoms with Crippen molar-refractivity contribution in [3.8, 4) is 0 Å². The molecule has 13 heavy (non-hydrogen) atoms. The van der Waals surface area contributed by atoms with Gasteiger partial charge in [-0.2, -0.15) is 10.1 Å². The van der Waals surface area contributed by atoms with E-state index in [0.29, 0.717) is 16.9 Å². The summed E-state index contributed by atoms with van der Waals surface area (Å²) >= 11 is 0. The average Bonchev–Trinajstić information content (AvgIpc) is 2.45. The van der Waals surface area contributed by atoms with Gasteiger partial charge in [0.25, 0.3) is 0 Å². The molecule has 0 bridgehead atoms. The van der Waals surface area contributed by atoms with Gasteiger partial charge in [-0.25, -0.2) is 4.79 Å². The molecule has 0 aliphatic heterocycles. The lowest BCUT2D eigenvalue weighted by molar-refractivity contribution is 0.771. The predicted octanol–water partition coefficient (Wildman–Crippen LogP) is -0.751. The first-order valence-corrected chi connectivity index (χ1v) is 3.75. The first-order chi connectivity index (χ1) is 6.11. The summed E-state index contributed by atoms with van der Waals surface area (Å²) in [4.78, 5) is 15.1. The van der Waals surface area contributed by atoms with Crippen molar-refractivity contribution in [3.63, 3.8) is 0 Å². The molecule has 2 heterocycles. The summed E-state index contributed by atoms with van der Waals surface area (Å²) in [6, 6.07) is 0. The third-order valence-electron chi connectivity index (χ3n) is 2.03. The number of aromatic nitrogens is 4. The summed E-state index contributed by atoms with van der Waals surface area (Å²) < 4.78 is 2.82. The lowest BCUT2D eigenvalue weighted by atomic mass is 10.4. The van der Waals surface area contributed by atoms with Gasteiger partial charge in [-0.05, 0) is 0 Å². The van der Waals surface area contributed by atoms with E-state index in [0.717, 1.165) is 0 Å². The SMILES string of the molecule is Cn1c(N)c2cnn(C)c2nc1=O. The summed E-state index contributed by atoms with van der Waals surface area (Å²) in [6.07, 6.45) is 1.59. The highest BCUT2D eigenvalue weighted by Crippen LogP contribution is 2.14. The fourth-order valence-electron chi connectivity index (χ4n) is 1.19. The van der Waals surface area contributed by atoms with Gasteiger partial charge < -0.3 is 5.73 Å². The minimum absolute atomic E-state index is 0.367. The molecule has 2 aromatic rings. The zero-order valence-electron chi connectivity index (χ0n) is 7.35. The summed E-state index contributed by atoms with van der Waals surface area (Å²) in [7, 11) is 3.30. The van der Waals surface area contributed by atoms with E-state index in [2.05, 4.69) is 10.1 Å². The van der Waals surface area contributed by atoms with E-state index in [-0.39, 0.29) is 5.69 Å². The number of hydrogen-bond acceptors (Lipinski definition) is 4. The second-order valence-electron chi connectivity index (χ2n) is 2.84. The van der Waals surface area contributed by atoms with Crippen LogP contribution in [0.2, 0.25) is 0 Å². The third kappa shape index (κ3) is 0.915. The van der Waals surface area contributed by atoms with Crippen LogP contribution in [0.25, 0.3) is 11.0 Å². The van der Waals surface area contributed by atoms with Crippen LogP contribution in [0.3, 0.4) is 0 Å². The van der Waals surface area contributed by atoms with Gasteiger partial charge in [0, 0.05) is 14.1 Å². The molecule has 2 rings (SSSR count). The van der Waals surface area contributed by atoms with Crippen LogP contribution in [0.4, 0.5) is 5.82 Å². The fourth-order valence-corrected chi connectivity index (χ4v) is 1.19. The molecule has 0 aromatic carbocycles. The Kier molecular flexibility index (Phi) is 1.39. The number of aryl methyl sites for hydroxylation is 1. The largest absolute Gasteiger partial charge is 0.384 e. The zero-order chi connectivity index (χ0) is 9.59. The van der Waals surface area contributed by atoms with Crippen LogP contribution in [0.1, 0.15) is 0 Å². The zero-order valence-corrected chi connectivity index (χ0v) is 7.35. The van der Waals surface area contributed by atoms with Crippen LogP contribution in [0, 0.1) is 0 Å². The summed E-state index contributed by atoms with van der Waals surface area (Å²) in [6.45, 7) is 0. The van der Waals surface area contributed by atoms with Crippen LogP contribution in [-0.2, 0) is 14.1 Å². The van der Waals surface area contributed by atoms with E-state index in [9.17, 15) is 4.79 Å². The number of fused-ring (bicyclic) bond motifs is 1. The third-order valence-corrected chi connectivity index (χ3v) is 2.03. The van der Waals surface area contributed by atoms with E-state index in [1.165, 1.54) is 9.25 Å². The highest BCUT2D eigenvalue weighted by molar-refractivity contribution is 5.84. The van der Waals surface area contributed by atoms with Crippen LogP contribution in [0.5, 0.6) is 0 Å². The van der Waals surface area contributed by atoms with Gasteiger partial charge in [-0.3, -0.25) is 9.25 Å². The lowest BCUT2D eigenvalue weighted by Gasteiger charge is -2.02. The molecule has 0 amide bonds. The molecule has 0 atom stereocenters. The summed E-state index contributed by atoms with van der Waals surface area (Å²) in [5.74, 6) is 0.392. The van der Waals surface area contributed by atoms with E-state index in [1.807, 2.05) is 0 Å². The standard InChI is InChI=1S/C7H9N5O/c1-11-5(8)4-3-9-12(2)6(4)10-7(11)13/h3H,8H2,1-2H3. The van der Waals surface area contributed by atoms with Crippen molar-refractivity contribution >= 4 is 16.9 Å². The Balaban J connectivity index is 3.05. The van der Waals surface area contributed by atoms with Gasteiger partial charge >= 0.3 is 5.69 Å². The van der Waals surface area contributed by atoms with Crippen molar-refractivity contribution in [2.45, 2.75) is 0 Å². The average molecular weight is 179 g/mol. The van der Waals surface area contributed by atoms with Gasteiger partial charge in [0.05, 0.1) is 11.6 Å². The molecule has 6 nitrogen and oxygen atoms in total. The number of nitrogen functional groups attached to an aromatic ring is 1. The molecule has 0 aliphatic carbocycles. The van der Waals surface area contributed by atoms with Gasteiger partial charge in [0.2, 0.25) is 0 Å². The summed E-state index contributed by atoms with van der Waals surface area (Å²) in [5.41, 5.74) is 5.85. The normalized spacial score (nSPS) is 10.9. The molecule has 2 N–H and O–H groups in total. The van der Waals surface area contributed by atoms with Crippen molar-refractivity contribution in [1.29, 1.82) is 0 Å². The molecule has 0 radical (unpaired) electrons. The number of anilines is 1. The first-order valence-electron chi connectivity index (χ1n) is 3.75. The first kappa shape index (κ1) is 7.78. The van der Waals surface area contributed by atoms with Crippen LogP contribution in [-0.4, -0.2) is 19.3 Å². The lowest BCUT2D eigenvalue weighted by Crippen LogP contribution is -2.23.